The number of hydrazone groups is 1. The van der Waals surface area contributed by atoms with Crippen molar-refractivity contribution in [2.75, 3.05) is 12.8 Å². The highest BCUT2D eigenvalue weighted by Crippen LogP contribution is 2.37. The minimum Gasteiger partial charge on any atom is -0.326 e. The zero-order valence-electron chi connectivity index (χ0n) is 17.1. The first kappa shape index (κ1) is 19.9. The number of hydrogen-bond donors (Lipinski definition) is 1. The van der Waals surface area contributed by atoms with Crippen molar-refractivity contribution in [3.8, 4) is 0 Å². The summed E-state index contributed by atoms with van der Waals surface area (Å²) in [5, 5.41) is 15.0. The van der Waals surface area contributed by atoms with Gasteiger partial charge < -0.3 is 4.57 Å². The molecule has 1 N–H and O–H groups in total. The van der Waals surface area contributed by atoms with Crippen molar-refractivity contribution in [3.63, 3.8) is 0 Å². The number of nitrogens with one attached hydrogen (secondary N) is 1. The average Bonchev–Trinajstić information content (AvgIpc) is 3.42. The highest BCUT2D eigenvalue weighted by atomic mass is 32.2. The van der Waals surface area contributed by atoms with Gasteiger partial charge in [-0.2, -0.15) is 10.2 Å². The number of fused-ring (bicyclic) bond motifs is 3. The van der Waals surface area contributed by atoms with Crippen molar-refractivity contribution in [1.82, 2.24) is 24.8 Å². The van der Waals surface area contributed by atoms with Crippen molar-refractivity contribution in [2.45, 2.75) is 32.7 Å². The van der Waals surface area contributed by atoms with E-state index in [4.69, 9.17) is 10.1 Å². The number of allylic oxidation sites excluding steroid dienone is 1. The predicted molar refractivity (Wildman–Crippen MR) is 124 cm³/mol. The van der Waals surface area contributed by atoms with Gasteiger partial charge in [0.25, 0.3) is 0 Å². The van der Waals surface area contributed by atoms with Gasteiger partial charge in [0.2, 0.25) is 0 Å². The van der Waals surface area contributed by atoms with Gasteiger partial charge in [-0.15, -0.1) is 23.1 Å². The SMILES string of the molecule is CC/C=C1/c2c(c3sc(Cc4ccn[nH]4)nc3n2C)C=NN1CC(C)N=CSC. The van der Waals surface area contributed by atoms with Crippen LogP contribution in [0.5, 0.6) is 0 Å². The van der Waals surface area contributed by atoms with Gasteiger partial charge >= 0.3 is 0 Å². The van der Waals surface area contributed by atoms with Crippen LogP contribution in [0, 0.1) is 0 Å². The Labute approximate surface area is 178 Å². The smallest absolute Gasteiger partial charge is 0.152 e. The number of thioether (sulfide) groups is 1. The third kappa shape index (κ3) is 3.89. The Kier molecular flexibility index (Phi) is 5.86. The van der Waals surface area contributed by atoms with Gasteiger partial charge in [-0.25, -0.2) is 4.98 Å². The minimum atomic E-state index is 0.168. The lowest BCUT2D eigenvalue weighted by molar-refractivity contribution is 0.391. The van der Waals surface area contributed by atoms with Crippen molar-refractivity contribution >= 4 is 50.9 Å². The molecule has 9 heteroatoms. The minimum absolute atomic E-state index is 0.168. The normalized spacial score (nSPS) is 16.4. The van der Waals surface area contributed by atoms with E-state index in [1.165, 1.54) is 10.4 Å². The van der Waals surface area contributed by atoms with Gasteiger partial charge in [0.05, 0.1) is 40.4 Å². The van der Waals surface area contributed by atoms with E-state index >= 15 is 0 Å². The summed E-state index contributed by atoms with van der Waals surface area (Å²) in [6, 6.07) is 2.16. The van der Waals surface area contributed by atoms with Gasteiger partial charge in [-0.05, 0) is 25.7 Å². The molecule has 0 radical (unpaired) electrons. The molecule has 1 unspecified atom stereocenters. The fraction of sp³-hybridized carbons (Fsp3) is 0.400. The second-order valence-corrected chi connectivity index (χ2v) is 8.77. The predicted octanol–water partition coefficient (Wildman–Crippen LogP) is 4.13. The fourth-order valence-electron chi connectivity index (χ4n) is 3.52. The zero-order valence-corrected chi connectivity index (χ0v) is 18.7. The Morgan fingerprint density at radius 2 is 2.28 bits per heavy atom. The van der Waals surface area contributed by atoms with E-state index in [2.05, 4.69) is 51.7 Å². The summed E-state index contributed by atoms with van der Waals surface area (Å²) in [7, 11) is 2.09. The molecule has 0 aliphatic carbocycles. The summed E-state index contributed by atoms with van der Waals surface area (Å²) in [4.78, 5) is 9.47. The molecule has 0 amide bonds. The molecule has 0 fully saturated rings. The van der Waals surface area contributed by atoms with Crippen LogP contribution in [0.25, 0.3) is 16.0 Å². The van der Waals surface area contributed by atoms with E-state index in [1.807, 2.05) is 24.1 Å². The molecule has 4 rings (SSSR count). The standard InChI is InChI=1S/C20H25N7S2/c1-5-6-16-18-15(10-23-27(16)11-13(2)21-12-28-4)19-20(26(18)3)24-17(29-19)9-14-7-8-22-25-14/h6-8,10,12-13H,5,9,11H2,1-4H3,(H,22,25)/b16-6-,21-12?. The van der Waals surface area contributed by atoms with E-state index in [1.54, 1.807) is 29.3 Å². The van der Waals surface area contributed by atoms with Crippen LogP contribution in [0.15, 0.2) is 28.4 Å². The number of H-pyrrole nitrogens is 1. The number of aliphatic imine (C=N–C) groups is 1. The zero-order chi connectivity index (χ0) is 20.4. The summed E-state index contributed by atoms with van der Waals surface area (Å²) < 4.78 is 3.39. The molecule has 29 heavy (non-hydrogen) atoms. The molecule has 3 aromatic rings. The van der Waals surface area contributed by atoms with Crippen LogP contribution in [0.2, 0.25) is 0 Å². The molecule has 0 aromatic carbocycles. The molecule has 1 aliphatic heterocycles. The lowest BCUT2D eigenvalue weighted by Gasteiger charge is -2.28. The summed E-state index contributed by atoms with van der Waals surface area (Å²) >= 11 is 3.35. The quantitative estimate of drug-likeness (QED) is 0.454. The highest BCUT2D eigenvalue weighted by molar-refractivity contribution is 8.11. The Hall–Kier alpha value is -2.39. The van der Waals surface area contributed by atoms with Crippen molar-refractivity contribution in [3.05, 3.63) is 40.3 Å². The van der Waals surface area contributed by atoms with Gasteiger partial charge in [0, 0.05) is 30.9 Å². The van der Waals surface area contributed by atoms with Crippen LogP contribution in [0.4, 0.5) is 0 Å². The molecule has 0 saturated carbocycles. The second-order valence-electron chi connectivity index (χ2n) is 7.00. The Bertz CT molecular complexity index is 1070. The van der Waals surface area contributed by atoms with Gasteiger partial charge in [-0.1, -0.05) is 13.0 Å². The van der Waals surface area contributed by atoms with Crippen LogP contribution >= 0.6 is 23.1 Å². The molecule has 4 heterocycles. The maximum atomic E-state index is 4.91. The molecule has 3 aromatic heterocycles. The lowest BCUT2D eigenvalue weighted by Crippen LogP contribution is -2.28. The van der Waals surface area contributed by atoms with Gasteiger partial charge in [0.1, 0.15) is 5.01 Å². The molecular weight excluding hydrogens is 402 g/mol. The number of aryl methyl sites for hydroxylation is 1. The third-order valence-corrected chi connectivity index (χ3v) is 6.22. The van der Waals surface area contributed by atoms with Crippen molar-refractivity contribution < 1.29 is 0 Å². The Balaban J connectivity index is 1.69. The summed E-state index contributed by atoms with van der Waals surface area (Å²) in [5.41, 5.74) is 7.47. The molecular formula is C20H25N7S2. The largest absolute Gasteiger partial charge is 0.326 e. The van der Waals surface area contributed by atoms with Crippen LogP contribution in [0.1, 0.15) is 42.2 Å². The van der Waals surface area contributed by atoms with Crippen molar-refractivity contribution in [2.24, 2.45) is 17.1 Å². The number of hydrogen-bond acceptors (Lipinski definition) is 7. The first-order valence-electron chi connectivity index (χ1n) is 9.65. The summed E-state index contributed by atoms with van der Waals surface area (Å²) in [5.74, 6) is 0. The molecule has 1 aliphatic rings. The van der Waals surface area contributed by atoms with Gasteiger partial charge in [0.15, 0.2) is 5.65 Å². The molecule has 7 nitrogen and oxygen atoms in total. The van der Waals surface area contributed by atoms with E-state index in [-0.39, 0.29) is 6.04 Å². The summed E-state index contributed by atoms with van der Waals surface area (Å²) in [6.45, 7) is 5.02. The average molecular weight is 428 g/mol. The molecule has 0 bridgehead atoms. The van der Waals surface area contributed by atoms with Crippen LogP contribution in [0.3, 0.4) is 0 Å². The van der Waals surface area contributed by atoms with Crippen molar-refractivity contribution in [1.29, 1.82) is 0 Å². The second kappa shape index (κ2) is 8.54. The van der Waals surface area contributed by atoms with E-state index < -0.39 is 0 Å². The van der Waals surface area contributed by atoms with E-state index in [0.717, 1.165) is 47.0 Å². The summed E-state index contributed by atoms with van der Waals surface area (Å²) in [6.07, 6.45) is 9.73. The Morgan fingerprint density at radius 3 is 3.00 bits per heavy atom. The number of rotatable bonds is 7. The lowest BCUT2D eigenvalue weighted by atomic mass is 10.1. The maximum Gasteiger partial charge on any atom is 0.152 e. The number of aromatic nitrogens is 4. The number of thiazole rings is 1. The molecule has 152 valence electrons. The molecule has 0 saturated heterocycles. The molecule has 1 atom stereocenters. The first-order valence-corrected chi connectivity index (χ1v) is 11.8. The van der Waals surface area contributed by atoms with E-state index in [0.29, 0.717) is 0 Å². The number of aromatic amines is 1. The van der Waals surface area contributed by atoms with Crippen LogP contribution in [-0.4, -0.2) is 55.4 Å². The molecule has 0 spiro atoms. The highest BCUT2D eigenvalue weighted by Gasteiger charge is 2.27. The van der Waals surface area contributed by atoms with Gasteiger partial charge in [-0.3, -0.25) is 15.1 Å². The monoisotopic (exact) mass is 427 g/mol. The van der Waals surface area contributed by atoms with Crippen LogP contribution < -0.4 is 0 Å². The first-order chi connectivity index (χ1) is 14.1. The third-order valence-electron chi connectivity index (χ3n) is 4.81. The maximum absolute atomic E-state index is 4.91. The Morgan fingerprint density at radius 1 is 1.41 bits per heavy atom. The van der Waals surface area contributed by atoms with E-state index in [9.17, 15) is 0 Å². The topological polar surface area (TPSA) is 74.5 Å². The van der Waals surface area contributed by atoms with Crippen LogP contribution in [-0.2, 0) is 13.5 Å². The fourth-order valence-corrected chi connectivity index (χ4v) is 4.98. The number of nitrogens with zero attached hydrogens (tertiary/aromatic N) is 6.